The van der Waals surface area contributed by atoms with Crippen LogP contribution in [0.15, 0.2) is 60.8 Å². The minimum atomic E-state index is -1.36. The number of carbonyl (C=O) groups is 4. The topological polar surface area (TPSA) is 136 Å². The highest BCUT2D eigenvalue weighted by Crippen LogP contribution is 2.36. The number of benzene rings is 2. The lowest BCUT2D eigenvalue weighted by atomic mass is 9.73. The summed E-state index contributed by atoms with van der Waals surface area (Å²) in [6.07, 6.45) is 2.85. The summed E-state index contributed by atoms with van der Waals surface area (Å²) in [5.41, 5.74) is 3.01. The summed E-state index contributed by atoms with van der Waals surface area (Å²) in [6.45, 7) is 9.08. The average Bonchev–Trinajstić information content (AvgIpc) is 3.38. The van der Waals surface area contributed by atoms with Gasteiger partial charge >= 0.3 is 6.09 Å². The number of alkyl carbamates (subject to hydrolysis) is 1. The van der Waals surface area contributed by atoms with Gasteiger partial charge < -0.3 is 25.3 Å². The molecule has 2 aromatic carbocycles. The summed E-state index contributed by atoms with van der Waals surface area (Å²) in [7, 11) is 3.56. The van der Waals surface area contributed by atoms with Crippen LogP contribution in [-0.4, -0.2) is 83.1 Å². The van der Waals surface area contributed by atoms with Crippen LogP contribution in [-0.2, 0) is 32.0 Å². The highest BCUT2D eigenvalue weighted by atomic mass is 16.6. The summed E-state index contributed by atoms with van der Waals surface area (Å²) in [5, 5.41) is 8.17. The van der Waals surface area contributed by atoms with Crippen molar-refractivity contribution in [2.45, 2.75) is 77.5 Å². The summed E-state index contributed by atoms with van der Waals surface area (Å²) >= 11 is 0. The Hall–Kier alpha value is -4.38. The molecule has 0 saturated carbocycles. The molecule has 0 radical (unpaired) electrons. The second-order valence-corrected chi connectivity index (χ2v) is 13.9. The van der Waals surface area contributed by atoms with Crippen LogP contribution in [0.1, 0.15) is 58.6 Å². The van der Waals surface area contributed by atoms with Gasteiger partial charge in [0.05, 0.1) is 5.41 Å². The van der Waals surface area contributed by atoms with Crippen molar-refractivity contribution < 1.29 is 23.9 Å². The fraction of sp³-hybridized carbons (Fsp3) is 0.486. The van der Waals surface area contributed by atoms with E-state index in [9.17, 15) is 19.2 Å². The highest BCUT2D eigenvalue weighted by Gasteiger charge is 2.44. The van der Waals surface area contributed by atoms with E-state index in [1.54, 1.807) is 58.6 Å². The van der Waals surface area contributed by atoms with Crippen LogP contribution in [0.25, 0.3) is 10.9 Å². The quantitative estimate of drug-likeness (QED) is 0.250. The third kappa shape index (κ3) is 8.66. The van der Waals surface area contributed by atoms with Gasteiger partial charge in [-0.15, -0.1) is 0 Å². The predicted molar refractivity (Wildman–Crippen MR) is 178 cm³/mol. The number of hydrogen-bond donors (Lipinski definition) is 4. The number of fused-ring (bicyclic) bond motifs is 1. The zero-order chi connectivity index (χ0) is 33.7. The molecule has 4 N–H and O–H groups in total. The number of hydrazine groups is 1. The van der Waals surface area contributed by atoms with Crippen LogP contribution in [0.2, 0.25) is 0 Å². The van der Waals surface area contributed by atoms with E-state index in [4.69, 9.17) is 4.74 Å². The number of nitrogens with one attached hydrogen (secondary N) is 4. The molecule has 4 amide bonds. The van der Waals surface area contributed by atoms with Crippen molar-refractivity contribution >= 4 is 34.7 Å². The van der Waals surface area contributed by atoms with E-state index in [0.29, 0.717) is 32.4 Å². The normalized spacial score (nSPS) is 15.7. The Labute approximate surface area is 271 Å². The molecule has 46 heavy (non-hydrogen) atoms. The standard InChI is InChI=1S/C35H48N6O5/c1-33(2,3)46-32(45)38-34(4,5)30(43)37-28(21-25-23-36-27-16-12-11-15-26(25)27)29(42)41-19-17-35(18-20-41,31(44)39-40(6)7)22-24-13-9-8-10-14-24/h8-16,23,28,36H,17-22H2,1-7H3,(H,37,43)(H,38,45)(H,39,44). The van der Waals surface area contributed by atoms with Gasteiger partial charge in [0, 0.05) is 50.7 Å². The molecular weight excluding hydrogens is 584 g/mol. The summed E-state index contributed by atoms with van der Waals surface area (Å²) < 4.78 is 5.37. The lowest BCUT2D eigenvalue weighted by molar-refractivity contribution is -0.145. The monoisotopic (exact) mass is 632 g/mol. The highest BCUT2D eigenvalue weighted by molar-refractivity contribution is 5.94. The number of H-pyrrole nitrogens is 1. The number of amides is 4. The largest absolute Gasteiger partial charge is 0.444 e. The Balaban J connectivity index is 1.56. The summed E-state index contributed by atoms with van der Waals surface area (Å²) in [5.74, 6) is -0.836. The van der Waals surface area contributed by atoms with Gasteiger partial charge in [0.2, 0.25) is 17.7 Å². The Kier molecular flexibility index (Phi) is 10.5. The first-order chi connectivity index (χ1) is 21.6. The fourth-order valence-corrected chi connectivity index (χ4v) is 5.84. The van der Waals surface area contributed by atoms with Crippen LogP contribution < -0.4 is 16.1 Å². The zero-order valence-corrected chi connectivity index (χ0v) is 28.0. The second-order valence-electron chi connectivity index (χ2n) is 13.9. The third-order valence-corrected chi connectivity index (χ3v) is 8.31. The van der Waals surface area contributed by atoms with Gasteiger partial charge in [-0.25, -0.2) is 9.80 Å². The molecule has 1 saturated heterocycles. The number of hydrogen-bond acceptors (Lipinski definition) is 6. The fourth-order valence-electron chi connectivity index (χ4n) is 5.84. The van der Waals surface area contributed by atoms with Crippen LogP contribution >= 0.6 is 0 Å². The lowest BCUT2D eigenvalue weighted by Crippen LogP contribution is -2.61. The van der Waals surface area contributed by atoms with Crippen molar-refractivity contribution in [1.82, 2.24) is 31.0 Å². The first-order valence-electron chi connectivity index (χ1n) is 15.8. The summed E-state index contributed by atoms with van der Waals surface area (Å²) in [6, 6.07) is 16.8. The maximum atomic E-state index is 14.2. The van der Waals surface area contributed by atoms with E-state index < -0.39 is 34.6 Å². The molecule has 1 aliphatic heterocycles. The third-order valence-electron chi connectivity index (χ3n) is 8.31. The number of carbonyl (C=O) groups excluding carboxylic acids is 4. The molecule has 1 unspecified atom stereocenters. The van der Waals surface area contributed by atoms with E-state index in [2.05, 4.69) is 21.0 Å². The molecule has 11 heteroatoms. The van der Waals surface area contributed by atoms with Crippen LogP contribution in [0, 0.1) is 5.41 Å². The lowest BCUT2D eigenvalue weighted by Gasteiger charge is -2.42. The zero-order valence-electron chi connectivity index (χ0n) is 28.0. The van der Waals surface area contributed by atoms with E-state index in [1.807, 2.05) is 60.8 Å². The molecule has 1 atom stereocenters. The van der Waals surface area contributed by atoms with Gasteiger partial charge in [-0.05, 0) is 71.1 Å². The number of piperidine rings is 1. The van der Waals surface area contributed by atoms with Crippen molar-refractivity contribution in [2.75, 3.05) is 27.2 Å². The number of aromatic nitrogens is 1. The Morgan fingerprint density at radius 2 is 1.59 bits per heavy atom. The van der Waals surface area contributed by atoms with Gasteiger partial charge in [-0.3, -0.25) is 19.8 Å². The molecule has 0 bridgehead atoms. The minimum Gasteiger partial charge on any atom is -0.444 e. The predicted octanol–water partition coefficient (Wildman–Crippen LogP) is 3.94. The van der Waals surface area contributed by atoms with E-state index in [-0.39, 0.29) is 18.2 Å². The number of para-hydroxylation sites is 1. The first kappa shape index (κ1) is 34.5. The van der Waals surface area contributed by atoms with E-state index in [1.165, 1.54) is 0 Å². The smallest absolute Gasteiger partial charge is 0.408 e. The van der Waals surface area contributed by atoms with E-state index >= 15 is 0 Å². The first-order valence-corrected chi connectivity index (χ1v) is 15.8. The second kappa shape index (κ2) is 13.9. The SMILES string of the molecule is CN(C)NC(=O)C1(Cc2ccccc2)CCN(C(=O)C(Cc2c[nH]c3ccccc23)NC(=O)C(C)(C)NC(=O)OC(C)(C)C)CC1. The Bertz CT molecular complexity index is 1530. The van der Waals surface area contributed by atoms with Gasteiger partial charge in [0.15, 0.2) is 0 Å². The maximum Gasteiger partial charge on any atom is 0.408 e. The molecule has 2 heterocycles. The van der Waals surface area contributed by atoms with Crippen molar-refractivity contribution in [3.05, 3.63) is 71.9 Å². The van der Waals surface area contributed by atoms with Gasteiger partial charge in [-0.2, -0.15) is 0 Å². The minimum absolute atomic E-state index is 0.0768. The van der Waals surface area contributed by atoms with Crippen molar-refractivity contribution in [3.63, 3.8) is 0 Å². The Morgan fingerprint density at radius 3 is 2.22 bits per heavy atom. The molecule has 1 fully saturated rings. The van der Waals surface area contributed by atoms with Crippen molar-refractivity contribution in [2.24, 2.45) is 5.41 Å². The van der Waals surface area contributed by atoms with Gasteiger partial charge in [0.1, 0.15) is 17.2 Å². The molecule has 0 spiro atoms. The Morgan fingerprint density at radius 1 is 0.957 bits per heavy atom. The molecular formula is C35H48N6O5. The van der Waals surface area contributed by atoms with Crippen LogP contribution in [0.3, 0.4) is 0 Å². The van der Waals surface area contributed by atoms with Crippen molar-refractivity contribution in [1.29, 1.82) is 0 Å². The van der Waals surface area contributed by atoms with Gasteiger partial charge in [0.25, 0.3) is 0 Å². The number of nitrogens with zero attached hydrogens (tertiary/aromatic N) is 2. The molecule has 4 rings (SSSR count). The molecule has 3 aromatic rings. The molecule has 1 aromatic heterocycles. The number of likely N-dealkylation sites (tertiary alicyclic amines) is 1. The molecule has 11 nitrogen and oxygen atoms in total. The number of aromatic amines is 1. The number of rotatable bonds is 10. The summed E-state index contributed by atoms with van der Waals surface area (Å²) in [4.78, 5) is 58.9. The average molecular weight is 633 g/mol. The maximum absolute atomic E-state index is 14.2. The van der Waals surface area contributed by atoms with Crippen LogP contribution in [0.5, 0.6) is 0 Å². The molecule has 248 valence electrons. The van der Waals surface area contributed by atoms with E-state index in [0.717, 1.165) is 22.0 Å². The molecule has 0 aliphatic carbocycles. The van der Waals surface area contributed by atoms with Gasteiger partial charge in [-0.1, -0.05) is 48.5 Å². The van der Waals surface area contributed by atoms with Crippen molar-refractivity contribution in [3.8, 4) is 0 Å². The molecule has 1 aliphatic rings. The van der Waals surface area contributed by atoms with Crippen LogP contribution in [0.4, 0.5) is 4.79 Å². The number of ether oxygens (including phenoxy) is 1.